The molecule has 0 aromatic rings. The number of rotatable bonds is 4. The van der Waals surface area contributed by atoms with Crippen molar-refractivity contribution in [1.29, 1.82) is 4.29 Å². The molecule has 2 rings (SSSR count). The van der Waals surface area contributed by atoms with Crippen molar-refractivity contribution in [3.05, 3.63) is 0 Å². The van der Waals surface area contributed by atoms with Crippen LogP contribution in [0, 0.1) is 0 Å². The molecule has 0 amide bonds. The molecule has 1 aliphatic carbocycles. The van der Waals surface area contributed by atoms with Gasteiger partial charge in [0, 0.05) is 5.54 Å². The average Bonchev–Trinajstić information content (AvgIpc) is 3.01. The van der Waals surface area contributed by atoms with Gasteiger partial charge in [-0.25, -0.2) is 0 Å². The third-order valence-corrected chi connectivity index (χ3v) is 4.36. The van der Waals surface area contributed by atoms with E-state index in [-0.39, 0.29) is 5.54 Å². The van der Waals surface area contributed by atoms with E-state index in [0.29, 0.717) is 12.2 Å². The first-order chi connectivity index (χ1) is 7.25. The molecular weight excluding hydrogens is 176 g/mol. The van der Waals surface area contributed by atoms with Crippen molar-refractivity contribution in [1.82, 2.24) is 0 Å². The molecule has 0 aromatic heterocycles. The zero-order chi connectivity index (χ0) is 10.9. The molecular formula is C7H14O4Si. The first-order valence-electron chi connectivity index (χ1n) is 5.56. The van der Waals surface area contributed by atoms with E-state index in [1.54, 1.807) is 0 Å². The van der Waals surface area contributed by atoms with Crippen molar-refractivity contribution in [2.24, 2.45) is 0 Å². The molecule has 70 valence electrons. The quantitative estimate of drug-likeness (QED) is 0.423. The Bertz CT molecular complexity index is 208. The first kappa shape index (κ1) is 5.72. The van der Waals surface area contributed by atoms with Gasteiger partial charge in [0.15, 0.2) is 4.29 Å². The second kappa shape index (κ2) is 2.78. The Hall–Kier alpha value is 0.0569. The van der Waals surface area contributed by atoms with Crippen LogP contribution in [0.4, 0.5) is 0 Å². The highest BCUT2D eigenvalue weighted by Crippen LogP contribution is 2.41. The Morgan fingerprint density at radius 2 is 1.67 bits per heavy atom. The van der Waals surface area contributed by atoms with Crippen molar-refractivity contribution in [3.8, 4) is 0 Å². The minimum atomic E-state index is -3.41. The SMILES string of the molecule is [3H]O[Si](O[3H])(O[3H])C1CCC2OC2CC1. The van der Waals surface area contributed by atoms with Crippen LogP contribution in [0.15, 0.2) is 0 Å². The van der Waals surface area contributed by atoms with Gasteiger partial charge in [-0.05, 0) is 25.7 Å². The summed E-state index contributed by atoms with van der Waals surface area (Å²) < 4.78 is 26.1. The summed E-state index contributed by atoms with van der Waals surface area (Å²) in [5.74, 6) is 0. The Balaban J connectivity index is 2.00. The van der Waals surface area contributed by atoms with Crippen LogP contribution >= 0.6 is 0 Å². The van der Waals surface area contributed by atoms with Gasteiger partial charge in [-0.1, -0.05) is 0 Å². The van der Waals surface area contributed by atoms with Crippen LogP contribution in [0.1, 0.15) is 25.7 Å². The van der Waals surface area contributed by atoms with Gasteiger partial charge < -0.3 is 19.1 Å². The minimum Gasteiger partial charge on any atom is -0.390 e. The molecule has 2 unspecified atom stereocenters. The predicted molar refractivity (Wildman–Crippen MR) is 43.3 cm³/mol. The van der Waals surface area contributed by atoms with Gasteiger partial charge in [0.2, 0.25) is 0 Å². The number of hydrogen-bond donors (Lipinski definition) is 3. The molecule has 1 saturated carbocycles. The Labute approximate surface area is 76.6 Å². The second-order valence-electron chi connectivity index (χ2n) is 3.67. The summed E-state index contributed by atoms with van der Waals surface area (Å²) in [5, 5.41) is 0. The van der Waals surface area contributed by atoms with Crippen molar-refractivity contribution in [2.45, 2.75) is 43.4 Å². The van der Waals surface area contributed by atoms with E-state index in [0.717, 1.165) is 25.7 Å². The van der Waals surface area contributed by atoms with Crippen LogP contribution < -0.4 is 0 Å². The fourth-order valence-corrected chi connectivity index (χ4v) is 2.96. The summed E-state index contributed by atoms with van der Waals surface area (Å²) in [4.78, 5) is 13.2. The van der Waals surface area contributed by atoms with Crippen LogP contribution in [0.25, 0.3) is 0 Å². The molecule has 2 atom stereocenters. The van der Waals surface area contributed by atoms with Gasteiger partial charge >= 0.3 is 8.80 Å². The Morgan fingerprint density at radius 3 is 2.17 bits per heavy atom. The molecule has 0 bridgehead atoms. The number of hydrogen-bond acceptors (Lipinski definition) is 4. The zero-order valence-electron chi connectivity index (χ0n) is 9.69. The maximum atomic E-state index is 6.92. The predicted octanol–water partition coefficient (Wildman–Crippen LogP) is -0.386. The lowest BCUT2D eigenvalue weighted by atomic mass is 10.2. The molecule has 0 radical (unpaired) electrons. The summed E-state index contributed by atoms with van der Waals surface area (Å²) in [6.07, 6.45) is 3.88. The Kier molecular flexibility index (Phi) is 1.32. The summed E-state index contributed by atoms with van der Waals surface area (Å²) in [6.45, 7) is 0. The molecule has 2 fully saturated rings. The highest BCUT2D eigenvalue weighted by Gasteiger charge is 2.47. The van der Waals surface area contributed by atoms with Crippen LogP contribution in [-0.4, -0.2) is 39.7 Å². The van der Waals surface area contributed by atoms with Crippen molar-refractivity contribution < 1.29 is 19.1 Å². The summed E-state index contributed by atoms with van der Waals surface area (Å²) in [6, 6.07) is 0. The van der Waals surface area contributed by atoms with Gasteiger partial charge in [0.1, 0.15) is 0 Å². The van der Waals surface area contributed by atoms with Gasteiger partial charge in [-0.2, -0.15) is 0 Å². The first-order valence-corrected chi connectivity index (χ1v) is 6.14. The topological polar surface area (TPSA) is 73.2 Å². The standard InChI is InChI=1S/C7H14O4Si/c8-12(9,10)5-1-3-6-7(11-6)4-2-5/h5-10H,1-4H2/i8T,9T,10T. The molecule has 1 heterocycles. The number of epoxide rings is 1. The molecule has 12 heavy (non-hydrogen) atoms. The normalized spacial score (nSPS) is 45.0. The fourth-order valence-electron chi connectivity index (χ4n) is 1.92. The largest absolute Gasteiger partial charge is 0.496 e. The number of ether oxygens (including phenoxy) is 1. The fraction of sp³-hybridized carbons (Fsp3) is 1.00. The van der Waals surface area contributed by atoms with E-state index in [1.807, 2.05) is 0 Å². The van der Waals surface area contributed by atoms with Crippen LogP contribution in [0.2, 0.25) is 5.54 Å². The lowest BCUT2D eigenvalue weighted by Gasteiger charge is -2.20. The third-order valence-electron chi connectivity index (χ3n) is 2.79. The van der Waals surface area contributed by atoms with E-state index in [2.05, 4.69) is 14.4 Å². The van der Waals surface area contributed by atoms with Crippen molar-refractivity contribution >= 4 is 8.80 Å². The lowest BCUT2D eigenvalue weighted by molar-refractivity contribution is 0.198. The molecule has 1 aliphatic heterocycles. The molecule has 5 heteroatoms. The van der Waals surface area contributed by atoms with Crippen molar-refractivity contribution in [3.63, 3.8) is 0 Å². The summed E-state index contributed by atoms with van der Waals surface area (Å²) >= 11 is 0. The van der Waals surface area contributed by atoms with Gasteiger partial charge in [-0.15, -0.1) is 0 Å². The van der Waals surface area contributed by atoms with Crippen LogP contribution in [0.3, 0.4) is 0 Å². The lowest BCUT2D eigenvalue weighted by Crippen LogP contribution is -2.40. The highest BCUT2D eigenvalue weighted by atomic mass is 28.4. The zero-order valence-corrected chi connectivity index (χ0v) is 7.69. The molecule has 0 aromatic carbocycles. The second-order valence-corrected chi connectivity index (χ2v) is 5.69. The molecule has 0 spiro atoms. The molecule has 4 nitrogen and oxygen atoms in total. The van der Waals surface area contributed by atoms with Crippen LogP contribution in [0.5, 0.6) is 0 Å². The van der Waals surface area contributed by atoms with E-state index in [9.17, 15) is 0 Å². The maximum absolute atomic E-state index is 6.92. The monoisotopic (exact) mass is 196 g/mol. The maximum Gasteiger partial charge on any atom is 0.496 e. The van der Waals surface area contributed by atoms with Gasteiger partial charge in [0.25, 0.3) is 0 Å². The third kappa shape index (κ3) is 1.70. The molecule has 2 aliphatic rings. The average molecular weight is 196 g/mol. The smallest absolute Gasteiger partial charge is 0.390 e. The minimum absolute atomic E-state index is 0.124. The van der Waals surface area contributed by atoms with E-state index in [1.165, 1.54) is 0 Å². The Morgan fingerprint density at radius 1 is 1.08 bits per heavy atom. The molecule has 3 N–H and O–H groups in total. The summed E-state index contributed by atoms with van der Waals surface area (Å²) in [7, 11) is -3.41. The van der Waals surface area contributed by atoms with E-state index < -0.39 is 8.80 Å². The van der Waals surface area contributed by atoms with E-state index in [4.69, 9.17) is 9.03 Å². The highest BCUT2D eigenvalue weighted by molar-refractivity contribution is 6.57. The number of fused-ring (bicyclic) bond motifs is 1. The summed E-state index contributed by atoms with van der Waals surface area (Å²) in [5.41, 5.74) is -0.124. The van der Waals surface area contributed by atoms with E-state index >= 15 is 0 Å². The van der Waals surface area contributed by atoms with Gasteiger partial charge in [0.05, 0.1) is 12.2 Å². The van der Waals surface area contributed by atoms with Crippen LogP contribution in [-0.2, 0) is 4.74 Å². The van der Waals surface area contributed by atoms with Crippen molar-refractivity contribution in [2.75, 3.05) is 0 Å². The van der Waals surface area contributed by atoms with Gasteiger partial charge in [-0.3, -0.25) is 0 Å². The molecule has 1 saturated heterocycles.